The van der Waals surface area contributed by atoms with E-state index in [-0.39, 0.29) is 36.0 Å². The second kappa shape index (κ2) is 13.4. The summed E-state index contributed by atoms with van der Waals surface area (Å²) in [7, 11) is 1.62. The Kier molecular flexibility index (Phi) is 9.03. The molecule has 0 saturated heterocycles. The van der Waals surface area contributed by atoms with E-state index < -0.39 is 0 Å². The van der Waals surface area contributed by atoms with Crippen molar-refractivity contribution in [1.82, 2.24) is 25.1 Å². The monoisotopic (exact) mass is 640 g/mol. The third-order valence-electron chi connectivity index (χ3n) is 7.31. The number of amides is 2. The Morgan fingerprint density at radius 3 is 2.47 bits per heavy atom. The van der Waals surface area contributed by atoms with Gasteiger partial charge in [-0.3, -0.25) is 14.2 Å². The molecule has 0 spiro atoms. The van der Waals surface area contributed by atoms with Crippen molar-refractivity contribution in [2.24, 2.45) is 5.10 Å². The van der Waals surface area contributed by atoms with E-state index in [1.54, 1.807) is 41.0 Å². The van der Waals surface area contributed by atoms with Crippen LogP contribution in [0.2, 0.25) is 0 Å². The van der Waals surface area contributed by atoms with Crippen molar-refractivity contribution in [3.63, 3.8) is 0 Å². The molecule has 6 rings (SSSR count). The standard InChI is InChI=1S/C33H29FN6O3S2/c1-21-5-7-23(8-6-21)28-18-27(22-9-15-26(43-2)16-10-22)38-40(28)31(41)20-45-33-37-36-30(19-35-32(42)29-4-3-17-44-29)39(33)25-13-11-24(34)12-14-25/h3-17,28H,18-20H2,1-2H3,(H,35,42)/t28-/m1/s1. The fourth-order valence-corrected chi connectivity index (χ4v) is 6.41. The van der Waals surface area contributed by atoms with Crippen LogP contribution in [-0.4, -0.2) is 50.2 Å². The van der Waals surface area contributed by atoms with Gasteiger partial charge in [0, 0.05) is 12.1 Å². The van der Waals surface area contributed by atoms with Crippen LogP contribution in [0.4, 0.5) is 4.39 Å². The number of thiophene rings is 1. The summed E-state index contributed by atoms with van der Waals surface area (Å²) < 4.78 is 20.8. The van der Waals surface area contributed by atoms with E-state index in [1.165, 1.54) is 35.2 Å². The molecule has 1 atom stereocenters. The first kappa shape index (κ1) is 30.2. The normalized spacial score (nSPS) is 14.3. The van der Waals surface area contributed by atoms with Crippen molar-refractivity contribution in [1.29, 1.82) is 0 Å². The number of nitrogens with one attached hydrogen (secondary N) is 1. The minimum Gasteiger partial charge on any atom is -0.497 e. The summed E-state index contributed by atoms with van der Waals surface area (Å²) in [6.07, 6.45) is 0.561. The average molecular weight is 641 g/mol. The Morgan fingerprint density at radius 2 is 1.78 bits per heavy atom. The van der Waals surface area contributed by atoms with Gasteiger partial charge in [-0.15, -0.1) is 21.5 Å². The van der Waals surface area contributed by atoms with Gasteiger partial charge in [0.05, 0.1) is 36.0 Å². The second-order valence-corrected chi connectivity index (χ2v) is 12.2. The number of benzene rings is 3. The van der Waals surface area contributed by atoms with Gasteiger partial charge >= 0.3 is 0 Å². The van der Waals surface area contributed by atoms with Crippen LogP contribution in [-0.2, 0) is 11.3 Å². The Balaban J connectivity index is 1.24. The lowest BCUT2D eigenvalue weighted by Gasteiger charge is -2.22. The van der Waals surface area contributed by atoms with Crippen molar-refractivity contribution < 1.29 is 18.7 Å². The van der Waals surface area contributed by atoms with Gasteiger partial charge in [0.15, 0.2) is 11.0 Å². The number of halogens is 1. The van der Waals surface area contributed by atoms with Crippen LogP contribution < -0.4 is 10.1 Å². The summed E-state index contributed by atoms with van der Waals surface area (Å²) in [6, 6.07) is 24.9. The Bertz CT molecular complexity index is 1820. The number of hydrogen-bond donors (Lipinski definition) is 1. The molecule has 9 nitrogen and oxygen atoms in total. The van der Waals surface area contributed by atoms with E-state index in [2.05, 4.69) is 15.5 Å². The van der Waals surface area contributed by atoms with E-state index in [0.717, 1.165) is 28.2 Å². The van der Waals surface area contributed by atoms with Crippen LogP contribution in [0.25, 0.3) is 5.69 Å². The predicted octanol–water partition coefficient (Wildman–Crippen LogP) is 6.18. The van der Waals surface area contributed by atoms with Crippen LogP contribution in [0.5, 0.6) is 5.75 Å². The van der Waals surface area contributed by atoms with Crippen molar-refractivity contribution in [2.75, 3.05) is 12.9 Å². The highest BCUT2D eigenvalue weighted by atomic mass is 32.2. The molecule has 3 heterocycles. The van der Waals surface area contributed by atoms with Crippen LogP contribution in [0, 0.1) is 12.7 Å². The second-order valence-electron chi connectivity index (χ2n) is 10.3. The van der Waals surface area contributed by atoms with E-state index in [1.807, 2.05) is 60.8 Å². The summed E-state index contributed by atoms with van der Waals surface area (Å²) in [4.78, 5) is 27.0. The summed E-state index contributed by atoms with van der Waals surface area (Å²) in [6.45, 7) is 2.11. The first-order valence-corrected chi connectivity index (χ1v) is 16.0. The predicted molar refractivity (Wildman–Crippen MR) is 172 cm³/mol. The van der Waals surface area contributed by atoms with Crippen LogP contribution in [0.15, 0.2) is 101 Å². The third-order valence-corrected chi connectivity index (χ3v) is 9.10. The summed E-state index contributed by atoms with van der Waals surface area (Å²) in [5.74, 6) is 0.404. The van der Waals surface area contributed by atoms with Crippen molar-refractivity contribution >= 4 is 40.6 Å². The first-order chi connectivity index (χ1) is 21.9. The lowest BCUT2D eigenvalue weighted by atomic mass is 9.97. The summed E-state index contributed by atoms with van der Waals surface area (Å²) in [5, 5.41) is 20.1. The van der Waals surface area contributed by atoms with Gasteiger partial charge < -0.3 is 10.1 Å². The number of aryl methyl sites for hydroxylation is 1. The lowest BCUT2D eigenvalue weighted by Crippen LogP contribution is -2.28. The van der Waals surface area contributed by atoms with Gasteiger partial charge in [0.2, 0.25) is 0 Å². The molecule has 1 N–H and O–H groups in total. The number of methoxy groups -OCH3 is 1. The van der Waals surface area contributed by atoms with E-state index in [0.29, 0.717) is 28.0 Å². The lowest BCUT2D eigenvalue weighted by molar-refractivity contribution is -0.130. The summed E-state index contributed by atoms with van der Waals surface area (Å²) in [5.41, 5.74) is 4.45. The average Bonchev–Trinajstić information content (AvgIpc) is 3.84. The smallest absolute Gasteiger partial charge is 0.261 e. The number of aromatic nitrogens is 3. The minimum atomic E-state index is -0.384. The molecule has 0 fully saturated rings. The molecule has 1 aliphatic heterocycles. The zero-order valence-electron chi connectivity index (χ0n) is 24.5. The molecule has 5 aromatic rings. The number of carbonyl (C=O) groups excluding carboxylic acids is 2. The summed E-state index contributed by atoms with van der Waals surface area (Å²) >= 11 is 2.54. The molecular formula is C33H29FN6O3S2. The number of ether oxygens (including phenoxy) is 1. The molecule has 2 aromatic heterocycles. The third kappa shape index (κ3) is 6.81. The number of thioether (sulfide) groups is 1. The molecule has 0 aliphatic carbocycles. The molecule has 228 valence electrons. The molecule has 3 aromatic carbocycles. The van der Waals surface area contributed by atoms with Gasteiger partial charge in [-0.1, -0.05) is 47.7 Å². The highest BCUT2D eigenvalue weighted by Gasteiger charge is 2.33. The highest BCUT2D eigenvalue weighted by Crippen LogP contribution is 2.34. The SMILES string of the molecule is COc1ccc(C2=NN(C(=O)CSc3nnc(CNC(=O)c4cccs4)n3-c3ccc(F)cc3)[C@@H](c3ccc(C)cc3)C2)cc1. The van der Waals surface area contributed by atoms with E-state index in [4.69, 9.17) is 9.84 Å². The molecule has 45 heavy (non-hydrogen) atoms. The van der Waals surface area contributed by atoms with Crippen LogP contribution in [0.1, 0.15) is 44.6 Å². The molecule has 0 radical (unpaired) electrons. The fraction of sp³-hybridized carbons (Fsp3) is 0.182. The number of rotatable bonds is 10. The van der Waals surface area contributed by atoms with Gasteiger partial charge in [0.1, 0.15) is 11.6 Å². The van der Waals surface area contributed by atoms with Gasteiger partial charge in [-0.05, 0) is 78.0 Å². The molecule has 1 aliphatic rings. The fourth-order valence-electron chi connectivity index (χ4n) is 4.95. The zero-order chi connectivity index (χ0) is 31.3. The number of nitrogens with zero attached hydrogens (tertiary/aromatic N) is 5. The molecule has 0 unspecified atom stereocenters. The van der Waals surface area contributed by atoms with E-state index in [9.17, 15) is 14.0 Å². The maximum absolute atomic E-state index is 13.8. The van der Waals surface area contributed by atoms with Crippen molar-refractivity contribution in [3.8, 4) is 11.4 Å². The quantitative estimate of drug-likeness (QED) is 0.183. The maximum atomic E-state index is 13.8. The topological polar surface area (TPSA) is 102 Å². The minimum absolute atomic E-state index is 0.0304. The van der Waals surface area contributed by atoms with Crippen molar-refractivity contribution in [2.45, 2.75) is 31.1 Å². The number of hydrogen-bond acceptors (Lipinski definition) is 8. The van der Waals surface area contributed by atoms with Gasteiger partial charge in [-0.2, -0.15) is 5.10 Å². The van der Waals surface area contributed by atoms with E-state index >= 15 is 0 Å². The molecule has 12 heteroatoms. The Hall–Kier alpha value is -4.81. The Morgan fingerprint density at radius 1 is 1.02 bits per heavy atom. The molecule has 0 bridgehead atoms. The number of carbonyl (C=O) groups is 2. The zero-order valence-corrected chi connectivity index (χ0v) is 26.1. The van der Waals surface area contributed by atoms with Gasteiger partial charge in [-0.25, -0.2) is 9.40 Å². The van der Waals surface area contributed by atoms with Gasteiger partial charge in [0.25, 0.3) is 11.8 Å². The largest absolute Gasteiger partial charge is 0.497 e. The molecule has 2 amide bonds. The first-order valence-electron chi connectivity index (χ1n) is 14.1. The highest BCUT2D eigenvalue weighted by molar-refractivity contribution is 7.99. The molecule has 0 saturated carbocycles. The van der Waals surface area contributed by atoms with Crippen molar-refractivity contribution in [3.05, 3.63) is 124 Å². The maximum Gasteiger partial charge on any atom is 0.261 e. The van der Waals surface area contributed by atoms with Crippen LogP contribution >= 0.6 is 23.1 Å². The molecular weight excluding hydrogens is 612 g/mol. The number of hydrazone groups is 1. The Labute approximate surface area is 267 Å². The van der Waals surface area contributed by atoms with Crippen LogP contribution in [0.3, 0.4) is 0 Å².